The predicted molar refractivity (Wildman–Crippen MR) is 74.1 cm³/mol. The molecule has 2 rings (SSSR count). The summed E-state index contributed by atoms with van der Waals surface area (Å²) in [7, 11) is 0. The van der Waals surface area contributed by atoms with E-state index in [1.165, 1.54) is 12.1 Å². The fourth-order valence-corrected chi connectivity index (χ4v) is 1.91. The van der Waals surface area contributed by atoms with E-state index >= 15 is 0 Å². The molecule has 5 nitrogen and oxygen atoms in total. The summed E-state index contributed by atoms with van der Waals surface area (Å²) in [6.07, 6.45) is 0.835. The molecule has 0 spiro atoms. The number of aldehydes is 1. The van der Waals surface area contributed by atoms with Gasteiger partial charge in [0.25, 0.3) is 5.69 Å². The van der Waals surface area contributed by atoms with E-state index in [-0.39, 0.29) is 23.6 Å². The van der Waals surface area contributed by atoms with Gasteiger partial charge in [0, 0.05) is 29.7 Å². The van der Waals surface area contributed by atoms with Gasteiger partial charge in [-0.25, -0.2) is 4.39 Å². The minimum atomic E-state index is -0.569. The van der Waals surface area contributed by atoms with Crippen LogP contribution in [-0.4, -0.2) is 17.8 Å². The summed E-state index contributed by atoms with van der Waals surface area (Å²) < 4.78 is 18.6. The molecule has 0 N–H and O–H groups in total. The first-order valence-corrected chi connectivity index (χ1v) is 6.21. The van der Waals surface area contributed by atoms with Crippen LogP contribution in [0.3, 0.4) is 0 Å². The number of benzene rings is 2. The van der Waals surface area contributed by atoms with Gasteiger partial charge in [0.2, 0.25) is 0 Å². The van der Waals surface area contributed by atoms with Crippen molar-refractivity contribution in [3.05, 3.63) is 69.5 Å². The number of nitro benzene ring substituents is 1. The fourth-order valence-electron chi connectivity index (χ4n) is 1.91. The molecular weight excluding hydrogens is 277 g/mol. The van der Waals surface area contributed by atoms with Crippen molar-refractivity contribution in [2.75, 3.05) is 6.61 Å². The fraction of sp³-hybridized carbons (Fsp3) is 0.133. The Morgan fingerprint density at radius 3 is 2.71 bits per heavy atom. The second kappa shape index (κ2) is 6.60. The Bertz CT molecular complexity index is 672. The van der Waals surface area contributed by atoms with Gasteiger partial charge in [-0.2, -0.15) is 0 Å². The van der Waals surface area contributed by atoms with E-state index in [1.54, 1.807) is 18.2 Å². The number of halogens is 1. The van der Waals surface area contributed by atoms with Gasteiger partial charge in [-0.15, -0.1) is 0 Å². The van der Waals surface area contributed by atoms with Crippen LogP contribution in [0.15, 0.2) is 42.5 Å². The standard InChI is InChI=1S/C15H12FNO4/c16-13-7-11(10-18)8-14(9-13)21-6-5-12-3-1-2-4-15(12)17(19)20/h1-4,7-10H,5-6H2. The van der Waals surface area contributed by atoms with Crippen molar-refractivity contribution in [1.82, 2.24) is 0 Å². The number of ether oxygens (including phenoxy) is 1. The Labute approximate surface area is 120 Å². The molecule has 0 aliphatic rings. The van der Waals surface area contributed by atoms with Crippen molar-refractivity contribution in [3.63, 3.8) is 0 Å². The number of rotatable bonds is 6. The molecule has 108 valence electrons. The average Bonchev–Trinajstić information content (AvgIpc) is 2.47. The second-order valence-corrected chi connectivity index (χ2v) is 4.32. The van der Waals surface area contributed by atoms with Gasteiger partial charge in [-0.3, -0.25) is 14.9 Å². The molecule has 2 aromatic rings. The van der Waals surface area contributed by atoms with E-state index in [0.29, 0.717) is 18.3 Å². The van der Waals surface area contributed by atoms with Crippen LogP contribution >= 0.6 is 0 Å². The van der Waals surface area contributed by atoms with Crippen LogP contribution in [0.5, 0.6) is 5.75 Å². The van der Waals surface area contributed by atoms with Crippen LogP contribution in [0, 0.1) is 15.9 Å². The summed E-state index contributed by atoms with van der Waals surface area (Å²) in [6, 6.07) is 10.0. The molecule has 0 radical (unpaired) electrons. The van der Waals surface area contributed by atoms with Crippen LogP contribution in [0.2, 0.25) is 0 Å². The predicted octanol–water partition coefficient (Wildman–Crippen LogP) is 3.17. The van der Waals surface area contributed by atoms with Crippen molar-refractivity contribution in [2.45, 2.75) is 6.42 Å². The van der Waals surface area contributed by atoms with E-state index in [9.17, 15) is 19.3 Å². The smallest absolute Gasteiger partial charge is 0.272 e. The maximum Gasteiger partial charge on any atom is 0.272 e. The lowest BCUT2D eigenvalue weighted by atomic mass is 10.1. The lowest BCUT2D eigenvalue weighted by molar-refractivity contribution is -0.385. The zero-order chi connectivity index (χ0) is 15.2. The first-order chi connectivity index (χ1) is 10.1. The van der Waals surface area contributed by atoms with Crippen molar-refractivity contribution >= 4 is 12.0 Å². The molecule has 0 saturated carbocycles. The van der Waals surface area contributed by atoms with Crippen LogP contribution in [-0.2, 0) is 6.42 Å². The highest BCUT2D eigenvalue weighted by Crippen LogP contribution is 2.19. The Kier molecular flexibility index (Phi) is 4.61. The molecule has 0 aliphatic carbocycles. The molecule has 6 heteroatoms. The molecule has 0 aromatic heterocycles. The first-order valence-electron chi connectivity index (χ1n) is 6.21. The monoisotopic (exact) mass is 289 g/mol. The number of nitro groups is 1. The molecule has 0 bridgehead atoms. The third-order valence-electron chi connectivity index (χ3n) is 2.86. The quantitative estimate of drug-likeness (QED) is 0.465. The Morgan fingerprint density at radius 2 is 2.00 bits per heavy atom. The average molecular weight is 289 g/mol. The normalized spacial score (nSPS) is 10.1. The first kappa shape index (κ1) is 14.6. The van der Waals surface area contributed by atoms with Gasteiger partial charge in [-0.1, -0.05) is 18.2 Å². The molecule has 0 atom stereocenters. The van der Waals surface area contributed by atoms with Crippen LogP contribution in [0.25, 0.3) is 0 Å². The van der Waals surface area contributed by atoms with Gasteiger partial charge in [-0.05, 0) is 12.1 Å². The highest BCUT2D eigenvalue weighted by Gasteiger charge is 2.12. The van der Waals surface area contributed by atoms with Crippen molar-refractivity contribution in [2.24, 2.45) is 0 Å². The zero-order valence-corrected chi connectivity index (χ0v) is 11.0. The van der Waals surface area contributed by atoms with E-state index in [2.05, 4.69) is 0 Å². The number of carbonyl (C=O) groups is 1. The van der Waals surface area contributed by atoms with E-state index in [0.717, 1.165) is 12.1 Å². The summed E-state index contributed by atoms with van der Waals surface area (Å²) in [5.41, 5.74) is 0.735. The maximum atomic E-state index is 13.2. The number of hydrogen-bond acceptors (Lipinski definition) is 4. The van der Waals surface area contributed by atoms with E-state index < -0.39 is 10.7 Å². The van der Waals surface area contributed by atoms with Gasteiger partial charge in [0.1, 0.15) is 17.9 Å². The minimum absolute atomic E-state index is 0.0222. The van der Waals surface area contributed by atoms with Gasteiger partial charge < -0.3 is 4.74 Å². The number of para-hydroxylation sites is 1. The van der Waals surface area contributed by atoms with E-state index in [4.69, 9.17) is 4.74 Å². The summed E-state index contributed by atoms with van der Waals surface area (Å²) in [6.45, 7) is 0.145. The molecule has 21 heavy (non-hydrogen) atoms. The zero-order valence-electron chi connectivity index (χ0n) is 11.0. The highest BCUT2D eigenvalue weighted by atomic mass is 19.1. The summed E-state index contributed by atoms with van der Waals surface area (Å²) in [5.74, 6) is -0.351. The van der Waals surface area contributed by atoms with Crippen molar-refractivity contribution < 1.29 is 18.8 Å². The van der Waals surface area contributed by atoms with E-state index in [1.807, 2.05) is 0 Å². The summed E-state index contributed by atoms with van der Waals surface area (Å²) >= 11 is 0. The van der Waals surface area contributed by atoms with Gasteiger partial charge >= 0.3 is 0 Å². The molecule has 0 fully saturated rings. The van der Waals surface area contributed by atoms with Gasteiger partial charge in [0.05, 0.1) is 11.5 Å². The SMILES string of the molecule is O=Cc1cc(F)cc(OCCc2ccccc2[N+](=O)[O-])c1. The third-order valence-corrected chi connectivity index (χ3v) is 2.86. The Balaban J connectivity index is 2.03. The molecule has 0 saturated heterocycles. The number of nitrogens with zero attached hydrogens (tertiary/aromatic N) is 1. The molecule has 0 aliphatic heterocycles. The third kappa shape index (κ3) is 3.85. The number of hydrogen-bond donors (Lipinski definition) is 0. The molecular formula is C15H12FNO4. The molecule has 2 aromatic carbocycles. The lowest BCUT2D eigenvalue weighted by Gasteiger charge is -2.07. The van der Waals surface area contributed by atoms with Gasteiger partial charge in [0.15, 0.2) is 0 Å². The maximum absolute atomic E-state index is 13.2. The van der Waals surface area contributed by atoms with Crippen LogP contribution in [0.4, 0.5) is 10.1 Å². The second-order valence-electron chi connectivity index (χ2n) is 4.32. The van der Waals surface area contributed by atoms with Crippen molar-refractivity contribution in [3.8, 4) is 5.75 Å². The number of carbonyl (C=O) groups excluding carboxylic acids is 1. The molecule has 0 amide bonds. The minimum Gasteiger partial charge on any atom is -0.493 e. The van der Waals surface area contributed by atoms with Crippen LogP contribution in [0.1, 0.15) is 15.9 Å². The molecule has 0 unspecified atom stereocenters. The Hall–Kier alpha value is -2.76. The summed E-state index contributed by atoms with van der Waals surface area (Å²) in [5, 5.41) is 10.9. The van der Waals surface area contributed by atoms with Crippen molar-refractivity contribution in [1.29, 1.82) is 0 Å². The topological polar surface area (TPSA) is 69.4 Å². The summed E-state index contributed by atoms with van der Waals surface area (Å²) in [4.78, 5) is 21.0. The lowest BCUT2D eigenvalue weighted by Crippen LogP contribution is -2.04. The Morgan fingerprint density at radius 1 is 1.24 bits per heavy atom. The largest absolute Gasteiger partial charge is 0.493 e. The molecule has 0 heterocycles. The van der Waals surface area contributed by atoms with Crippen LogP contribution < -0.4 is 4.74 Å². The highest BCUT2D eigenvalue weighted by molar-refractivity contribution is 5.75.